The molecule has 1 rings (SSSR count). The molecule has 3 N–H and O–H groups in total. The topological polar surface area (TPSA) is 46.2 Å². The molecule has 5 heteroatoms. The van der Waals surface area contributed by atoms with E-state index in [-0.39, 0.29) is 24.6 Å². The molecule has 0 radical (unpaired) electrons. The summed E-state index contributed by atoms with van der Waals surface area (Å²) in [6, 6.07) is 3.37. The summed E-state index contributed by atoms with van der Waals surface area (Å²) in [5.41, 5.74) is 5.66. The fourth-order valence-corrected chi connectivity index (χ4v) is 1.08. The van der Waals surface area contributed by atoms with Crippen LogP contribution < -0.4 is 5.73 Å². The highest BCUT2D eigenvalue weighted by Crippen LogP contribution is 2.19. The van der Waals surface area contributed by atoms with Crippen LogP contribution in [0.3, 0.4) is 0 Å². The van der Waals surface area contributed by atoms with Crippen LogP contribution in [0.1, 0.15) is 11.6 Å². The molecule has 0 saturated heterocycles. The van der Waals surface area contributed by atoms with Gasteiger partial charge in [0.1, 0.15) is 5.82 Å². The minimum atomic E-state index is -0.705. The van der Waals surface area contributed by atoms with Gasteiger partial charge in [-0.3, -0.25) is 0 Å². The maximum Gasteiger partial charge on any atom is 0.128 e. The Bertz CT molecular complexity index is 283. The molecular weight excluding hydrogens is 216 g/mol. The van der Waals surface area contributed by atoms with Gasteiger partial charge in [0.25, 0.3) is 0 Å². The summed E-state index contributed by atoms with van der Waals surface area (Å²) in [5.74, 6) is -0.444. The van der Waals surface area contributed by atoms with Crippen molar-refractivity contribution in [2.24, 2.45) is 5.73 Å². The molecule has 74 valence electrons. The molecule has 0 fully saturated rings. The molecule has 0 aliphatic heterocycles. The number of aliphatic hydroxyl groups is 1. The van der Waals surface area contributed by atoms with Crippen LogP contribution in [-0.4, -0.2) is 11.7 Å². The van der Waals surface area contributed by atoms with Crippen LogP contribution in [0.15, 0.2) is 18.2 Å². The molecule has 1 atom stereocenters. The van der Waals surface area contributed by atoms with Crippen molar-refractivity contribution in [3.8, 4) is 0 Å². The second-order valence-electron chi connectivity index (χ2n) is 2.45. The fraction of sp³-hybridized carbons (Fsp3) is 0.250. The van der Waals surface area contributed by atoms with Gasteiger partial charge in [0, 0.05) is 10.6 Å². The lowest BCUT2D eigenvalue weighted by molar-refractivity contribution is 0.265. The second-order valence-corrected chi connectivity index (χ2v) is 2.89. The number of benzene rings is 1. The Balaban J connectivity index is 0.00000144. The molecule has 0 unspecified atom stereocenters. The largest absolute Gasteiger partial charge is 0.394 e. The van der Waals surface area contributed by atoms with Crippen molar-refractivity contribution in [1.29, 1.82) is 0 Å². The average molecular weight is 226 g/mol. The van der Waals surface area contributed by atoms with Crippen molar-refractivity contribution in [2.45, 2.75) is 6.04 Å². The molecule has 0 aromatic heterocycles. The first-order valence-electron chi connectivity index (χ1n) is 3.46. The highest BCUT2D eigenvalue weighted by Gasteiger charge is 2.10. The summed E-state index contributed by atoms with van der Waals surface area (Å²) < 4.78 is 13.0. The van der Waals surface area contributed by atoms with Crippen LogP contribution in [-0.2, 0) is 0 Å². The van der Waals surface area contributed by atoms with E-state index in [4.69, 9.17) is 22.4 Å². The molecule has 13 heavy (non-hydrogen) atoms. The normalized spacial score (nSPS) is 12.0. The van der Waals surface area contributed by atoms with Crippen molar-refractivity contribution in [2.75, 3.05) is 6.61 Å². The average Bonchev–Trinajstić information content (AvgIpc) is 2.08. The van der Waals surface area contributed by atoms with Gasteiger partial charge in [-0.1, -0.05) is 11.6 Å². The van der Waals surface area contributed by atoms with Gasteiger partial charge in [0.05, 0.1) is 12.6 Å². The minimum Gasteiger partial charge on any atom is -0.394 e. The van der Waals surface area contributed by atoms with E-state index in [0.29, 0.717) is 5.02 Å². The maximum atomic E-state index is 13.0. The molecule has 0 aliphatic carbocycles. The van der Waals surface area contributed by atoms with Crippen LogP contribution in [0.4, 0.5) is 4.39 Å². The Morgan fingerprint density at radius 2 is 2.15 bits per heavy atom. The fourth-order valence-electron chi connectivity index (χ4n) is 0.897. The smallest absolute Gasteiger partial charge is 0.128 e. The monoisotopic (exact) mass is 225 g/mol. The number of halogens is 3. The number of aliphatic hydroxyl groups excluding tert-OH is 1. The third kappa shape index (κ3) is 3.12. The number of hydrogen-bond acceptors (Lipinski definition) is 2. The molecule has 1 aromatic carbocycles. The lowest BCUT2D eigenvalue weighted by atomic mass is 10.1. The third-order valence-electron chi connectivity index (χ3n) is 1.55. The molecule has 0 spiro atoms. The lowest BCUT2D eigenvalue weighted by Crippen LogP contribution is -2.15. The van der Waals surface area contributed by atoms with Gasteiger partial charge in [-0.2, -0.15) is 0 Å². The standard InChI is InChI=1S/C8H9ClFNO.ClH/c9-5-1-2-7(10)6(3-5)8(11)4-12;/h1-3,8,12H,4,11H2;1H/t8-;/m1./s1. The van der Waals surface area contributed by atoms with Crippen molar-refractivity contribution in [1.82, 2.24) is 0 Å². The first-order chi connectivity index (χ1) is 5.65. The third-order valence-corrected chi connectivity index (χ3v) is 1.79. The maximum absolute atomic E-state index is 13.0. The van der Waals surface area contributed by atoms with E-state index in [9.17, 15) is 4.39 Å². The van der Waals surface area contributed by atoms with Crippen LogP contribution >= 0.6 is 24.0 Å². The quantitative estimate of drug-likeness (QED) is 0.808. The predicted octanol–water partition coefficient (Wildman–Crippen LogP) is 1.89. The Morgan fingerprint density at radius 3 is 2.69 bits per heavy atom. The summed E-state index contributed by atoms with van der Waals surface area (Å²) in [6.07, 6.45) is 0. The predicted molar refractivity (Wildman–Crippen MR) is 52.7 cm³/mol. The van der Waals surface area contributed by atoms with Crippen LogP contribution in [0, 0.1) is 5.82 Å². The summed E-state index contributed by atoms with van der Waals surface area (Å²) in [7, 11) is 0. The van der Waals surface area contributed by atoms with Gasteiger partial charge in [-0.25, -0.2) is 4.39 Å². The number of nitrogens with two attached hydrogens (primary N) is 1. The highest BCUT2D eigenvalue weighted by molar-refractivity contribution is 6.30. The molecular formula is C8H10Cl2FNO. The Morgan fingerprint density at radius 1 is 1.54 bits per heavy atom. The van der Waals surface area contributed by atoms with E-state index in [1.807, 2.05) is 0 Å². The Kier molecular flexibility index (Phi) is 5.25. The van der Waals surface area contributed by atoms with E-state index < -0.39 is 11.9 Å². The van der Waals surface area contributed by atoms with E-state index >= 15 is 0 Å². The van der Waals surface area contributed by atoms with Crippen LogP contribution in [0.2, 0.25) is 5.02 Å². The van der Waals surface area contributed by atoms with Gasteiger partial charge in [0.2, 0.25) is 0 Å². The van der Waals surface area contributed by atoms with Crippen molar-refractivity contribution < 1.29 is 9.50 Å². The Hall–Kier alpha value is -0.350. The SMILES string of the molecule is Cl.N[C@H](CO)c1cc(Cl)ccc1F. The molecule has 0 saturated carbocycles. The van der Waals surface area contributed by atoms with E-state index in [1.165, 1.54) is 18.2 Å². The van der Waals surface area contributed by atoms with Gasteiger partial charge < -0.3 is 10.8 Å². The molecule has 0 bridgehead atoms. The van der Waals surface area contributed by atoms with Crippen molar-refractivity contribution >= 4 is 24.0 Å². The van der Waals surface area contributed by atoms with Crippen molar-refractivity contribution in [3.63, 3.8) is 0 Å². The highest BCUT2D eigenvalue weighted by atomic mass is 35.5. The summed E-state index contributed by atoms with van der Waals surface area (Å²) >= 11 is 5.61. The zero-order valence-corrected chi connectivity index (χ0v) is 8.28. The van der Waals surface area contributed by atoms with E-state index in [0.717, 1.165) is 0 Å². The second kappa shape index (κ2) is 5.40. The summed E-state index contributed by atoms with van der Waals surface area (Å²) in [6.45, 7) is -0.294. The zero-order valence-electron chi connectivity index (χ0n) is 6.71. The molecule has 0 amide bonds. The first-order valence-corrected chi connectivity index (χ1v) is 3.84. The summed E-state index contributed by atoms with van der Waals surface area (Å²) in [5, 5.41) is 9.08. The van der Waals surface area contributed by atoms with Crippen molar-refractivity contribution in [3.05, 3.63) is 34.6 Å². The number of hydrogen-bond donors (Lipinski definition) is 2. The lowest BCUT2D eigenvalue weighted by Gasteiger charge is -2.09. The van der Waals surface area contributed by atoms with E-state index in [1.54, 1.807) is 0 Å². The molecule has 2 nitrogen and oxygen atoms in total. The summed E-state index contributed by atoms with van der Waals surface area (Å²) in [4.78, 5) is 0. The van der Waals surface area contributed by atoms with E-state index in [2.05, 4.69) is 0 Å². The van der Waals surface area contributed by atoms with Crippen LogP contribution in [0.5, 0.6) is 0 Å². The van der Waals surface area contributed by atoms with Gasteiger partial charge >= 0.3 is 0 Å². The molecule has 0 aliphatic rings. The van der Waals surface area contributed by atoms with Gasteiger partial charge in [-0.05, 0) is 18.2 Å². The van der Waals surface area contributed by atoms with Gasteiger partial charge in [-0.15, -0.1) is 12.4 Å². The van der Waals surface area contributed by atoms with Crippen LogP contribution in [0.25, 0.3) is 0 Å². The first kappa shape index (κ1) is 12.7. The zero-order chi connectivity index (χ0) is 9.14. The Labute approximate surface area is 86.9 Å². The minimum absolute atomic E-state index is 0. The molecule has 1 aromatic rings. The number of rotatable bonds is 2. The molecule has 0 heterocycles. The van der Waals surface area contributed by atoms with Gasteiger partial charge in [0.15, 0.2) is 0 Å².